The first kappa shape index (κ1) is 14.2. The number of ether oxygens (including phenoxy) is 1. The van der Waals surface area contributed by atoms with E-state index in [4.69, 9.17) is 4.74 Å². The van der Waals surface area contributed by atoms with Crippen LogP contribution in [0.4, 0.5) is 0 Å². The Balaban J connectivity index is 1.84. The molecule has 3 unspecified atom stereocenters. The summed E-state index contributed by atoms with van der Waals surface area (Å²) in [7, 11) is -3.17. The molecule has 0 spiro atoms. The molecule has 0 bridgehead atoms. The van der Waals surface area contributed by atoms with E-state index in [2.05, 4.69) is 17.0 Å². The van der Waals surface area contributed by atoms with Crippen LogP contribution >= 0.6 is 0 Å². The zero-order valence-electron chi connectivity index (χ0n) is 11.0. The van der Waals surface area contributed by atoms with Gasteiger partial charge < -0.3 is 10.1 Å². The summed E-state index contributed by atoms with van der Waals surface area (Å²) in [5.74, 6) is 0.335. The van der Waals surface area contributed by atoms with Crippen molar-refractivity contribution in [1.29, 1.82) is 0 Å². The molecule has 2 aliphatic rings. The van der Waals surface area contributed by atoms with Gasteiger partial charge in [-0.25, -0.2) is 13.1 Å². The van der Waals surface area contributed by atoms with Crippen molar-refractivity contribution >= 4 is 10.0 Å². The molecule has 3 atom stereocenters. The van der Waals surface area contributed by atoms with Gasteiger partial charge in [0.05, 0.1) is 11.4 Å². The van der Waals surface area contributed by atoms with Crippen LogP contribution in [0.2, 0.25) is 0 Å². The van der Waals surface area contributed by atoms with Crippen LogP contribution in [-0.4, -0.2) is 46.0 Å². The minimum atomic E-state index is -3.17. The summed E-state index contributed by atoms with van der Waals surface area (Å²) in [4.78, 5) is 0. The Hall–Kier alpha value is -0.170. The highest BCUT2D eigenvalue weighted by Gasteiger charge is 2.31. The van der Waals surface area contributed by atoms with Crippen molar-refractivity contribution in [2.45, 2.75) is 44.0 Å². The Morgan fingerprint density at radius 3 is 2.89 bits per heavy atom. The van der Waals surface area contributed by atoms with Crippen LogP contribution in [0.15, 0.2) is 0 Å². The molecule has 2 aliphatic heterocycles. The summed E-state index contributed by atoms with van der Waals surface area (Å²) in [5, 5.41) is 2.88. The van der Waals surface area contributed by atoms with Gasteiger partial charge in [0, 0.05) is 25.6 Å². The van der Waals surface area contributed by atoms with Crippen molar-refractivity contribution in [3.05, 3.63) is 0 Å². The predicted molar refractivity (Wildman–Crippen MR) is 71.0 cm³/mol. The average molecular weight is 276 g/mol. The summed E-state index contributed by atoms with van der Waals surface area (Å²) in [5.41, 5.74) is 0. The first-order valence-electron chi connectivity index (χ1n) is 6.94. The first-order valence-corrected chi connectivity index (χ1v) is 8.49. The van der Waals surface area contributed by atoms with E-state index in [1.54, 1.807) is 0 Å². The highest BCUT2D eigenvalue weighted by Crippen LogP contribution is 2.23. The Bertz CT molecular complexity index is 352. The average Bonchev–Trinajstić information content (AvgIpc) is 2.85. The van der Waals surface area contributed by atoms with Gasteiger partial charge in [0.1, 0.15) is 0 Å². The van der Waals surface area contributed by atoms with Crippen LogP contribution in [0.5, 0.6) is 0 Å². The monoisotopic (exact) mass is 276 g/mol. The van der Waals surface area contributed by atoms with Crippen LogP contribution in [0.3, 0.4) is 0 Å². The Labute approximate surface area is 110 Å². The molecule has 6 heteroatoms. The summed E-state index contributed by atoms with van der Waals surface area (Å²) >= 11 is 0. The number of rotatable bonds is 5. The van der Waals surface area contributed by atoms with E-state index >= 15 is 0 Å². The van der Waals surface area contributed by atoms with Gasteiger partial charge in [0.2, 0.25) is 10.0 Å². The fourth-order valence-corrected chi connectivity index (χ4v) is 4.30. The lowest BCUT2D eigenvalue weighted by Gasteiger charge is -2.24. The van der Waals surface area contributed by atoms with E-state index in [1.807, 2.05) is 0 Å². The van der Waals surface area contributed by atoms with Crippen molar-refractivity contribution in [2.75, 3.05) is 26.2 Å². The van der Waals surface area contributed by atoms with Crippen LogP contribution in [-0.2, 0) is 14.8 Å². The molecule has 106 valence electrons. The maximum Gasteiger partial charge on any atom is 0.215 e. The smallest absolute Gasteiger partial charge is 0.215 e. The summed E-state index contributed by atoms with van der Waals surface area (Å²) in [6.45, 7) is 4.88. The van der Waals surface area contributed by atoms with Gasteiger partial charge in [-0.1, -0.05) is 6.92 Å². The van der Waals surface area contributed by atoms with Gasteiger partial charge >= 0.3 is 0 Å². The Morgan fingerprint density at radius 1 is 1.39 bits per heavy atom. The third-order valence-electron chi connectivity index (χ3n) is 3.99. The number of hydrogen-bond donors (Lipinski definition) is 2. The number of piperidine rings is 1. The maximum atomic E-state index is 12.1. The number of sulfonamides is 1. The lowest BCUT2D eigenvalue weighted by Crippen LogP contribution is -2.45. The minimum Gasteiger partial charge on any atom is -0.378 e. The summed E-state index contributed by atoms with van der Waals surface area (Å²) in [6, 6.07) is 0. The van der Waals surface area contributed by atoms with Crippen molar-refractivity contribution in [3.8, 4) is 0 Å². The summed E-state index contributed by atoms with van der Waals surface area (Å²) in [6.07, 6.45) is 3.84. The topological polar surface area (TPSA) is 67.4 Å². The van der Waals surface area contributed by atoms with Crippen molar-refractivity contribution in [2.24, 2.45) is 5.92 Å². The lowest BCUT2D eigenvalue weighted by molar-refractivity contribution is 0.0884. The number of hydrogen-bond acceptors (Lipinski definition) is 4. The fraction of sp³-hybridized carbons (Fsp3) is 1.00. The van der Waals surface area contributed by atoms with Gasteiger partial charge in [-0.2, -0.15) is 0 Å². The Morgan fingerprint density at radius 2 is 2.22 bits per heavy atom. The minimum absolute atomic E-state index is 0.220. The molecule has 0 radical (unpaired) electrons. The fourth-order valence-electron chi connectivity index (χ4n) is 2.80. The van der Waals surface area contributed by atoms with Crippen LogP contribution in [0, 0.1) is 5.92 Å². The second-order valence-corrected chi connectivity index (χ2v) is 7.27. The Kier molecular flexibility index (Phi) is 5.00. The van der Waals surface area contributed by atoms with Gasteiger partial charge in [0.25, 0.3) is 0 Å². The van der Waals surface area contributed by atoms with Crippen molar-refractivity contribution < 1.29 is 13.2 Å². The quantitative estimate of drug-likeness (QED) is 0.766. The highest BCUT2D eigenvalue weighted by molar-refractivity contribution is 7.90. The normalized spacial score (nSPS) is 33.7. The van der Waals surface area contributed by atoms with Crippen molar-refractivity contribution in [1.82, 2.24) is 10.0 Å². The van der Waals surface area contributed by atoms with E-state index in [9.17, 15) is 8.42 Å². The maximum absolute atomic E-state index is 12.1. The molecule has 2 N–H and O–H groups in total. The SMILES string of the molecule is CCC1OCCC1CNS(=O)(=O)C1CCCNC1. The van der Waals surface area contributed by atoms with E-state index in [0.29, 0.717) is 19.0 Å². The lowest BCUT2D eigenvalue weighted by atomic mass is 10.0. The largest absolute Gasteiger partial charge is 0.378 e. The van der Waals surface area contributed by atoms with Gasteiger partial charge in [-0.3, -0.25) is 0 Å². The van der Waals surface area contributed by atoms with Gasteiger partial charge in [-0.15, -0.1) is 0 Å². The molecule has 0 aromatic rings. The first-order chi connectivity index (χ1) is 8.63. The van der Waals surface area contributed by atoms with Gasteiger partial charge in [-0.05, 0) is 32.2 Å². The highest BCUT2D eigenvalue weighted by atomic mass is 32.2. The third kappa shape index (κ3) is 3.44. The molecule has 2 rings (SSSR count). The van der Waals surface area contributed by atoms with Gasteiger partial charge in [0.15, 0.2) is 0 Å². The standard InChI is InChI=1S/C12H24N2O3S/c1-2-12-10(5-7-17-12)8-14-18(15,16)11-4-3-6-13-9-11/h10-14H,2-9H2,1H3. The van der Waals surface area contributed by atoms with E-state index in [-0.39, 0.29) is 11.4 Å². The zero-order chi connectivity index (χ0) is 13.0. The molecule has 18 heavy (non-hydrogen) atoms. The van der Waals surface area contributed by atoms with Crippen LogP contribution in [0.1, 0.15) is 32.6 Å². The zero-order valence-corrected chi connectivity index (χ0v) is 11.8. The molecule has 2 heterocycles. The van der Waals surface area contributed by atoms with Crippen molar-refractivity contribution in [3.63, 3.8) is 0 Å². The molecule has 2 saturated heterocycles. The molecule has 0 saturated carbocycles. The molecular weight excluding hydrogens is 252 g/mol. The third-order valence-corrected chi connectivity index (χ3v) is 5.83. The molecule has 0 aliphatic carbocycles. The van der Waals surface area contributed by atoms with E-state index in [1.165, 1.54) is 0 Å². The molecule has 2 fully saturated rings. The molecule has 0 aromatic carbocycles. The number of nitrogens with one attached hydrogen (secondary N) is 2. The second-order valence-electron chi connectivity index (χ2n) is 5.23. The molecule has 0 amide bonds. The van der Waals surface area contributed by atoms with E-state index in [0.717, 1.165) is 38.8 Å². The van der Waals surface area contributed by atoms with E-state index < -0.39 is 10.0 Å². The summed E-state index contributed by atoms with van der Waals surface area (Å²) < 4.78 is 32.7. The predicted octanol–water partition coefficient (Wildman–Crippen LogP) is 0.473. The molecular formula is C12H24N2O3S. The molecule has 0 aromatic heterocycles. The van der Waals surface area contributed by atoms with Crippen LogP contribution in [0.25, 0.3) is 0 Å². The van der Waals surface area contributed by atoms with Crippen LogP contribution < -0.4 is 10.0 Å². The second kappa shape index (κ2) is 6.32. The molecule has 5 nitrogen and oxygen atoms in total.